The Morgan fingerprint density at radius 1 is 1.08 bits per heavy atom. The number of aliphatic hydroxyl groups excluding tert-OH is 1. The largest absolute Gasteiger partial charge is 0.478 e. The van der Waals surface area contributed by atoms with Crippen LogP contribution in [0.25, 0.3) is 0 Å². The number of hydrogen-bond acceptors (Lipinski definition) is 3. The van der Waals surface area contributed by atoms with Crippen LogP contribution in [0.4, 0.5) is 5.69 Å². The van der Waals surface area contributed by atoms with Gasteiger partial charge in [0.15, 0.2) is 0 Å². The van der Waals surface area contributed by atoms with Crippen molar-refractivity contribution in [1.29, 1.82) is 0 Å². The van der Waals surface area contributed by atoms with E-state index in [4.69, 9.17) is 28.3 Å². The van der Waals surface area contributed by atoms with Gasteiger partial charge in [-0.3, -0.25) is 4.79 Å². The molecule has 0 radical (unpaired) electrons. The minimum absolute atomic E-state index is 0.375. The van der Waals surface area contributed by atoms with E-state index in [9.17, 15) is 14.7 Å². The molecule has 0 saturated heterocycles. The van der Waals surface area contributed by atoms with Crippen molar-refractivity contribution < 1.29 is 19.8 Å². The van der Waals surface area contributed by atoms with Gasteiger partial charge in [-0.05, 0) is 24.3 Å². The van der Waals surface area contributed by atoms with Crippen molar-refractivity contribution in [3.05, 3.63) is 75.8 Å². The molecule has 0 bridgehead atoms. The third kappa shape index (κ3) is 4.60. The van der Waals surface area contributed by atoms with Crippen LogP contribution in [0.1, 0.15) is 17.2 Å². The van der Waals surface area contributed by atoms with E-state index < -0.39 is 18.0 Å². The van der Waals surface area contributed by atoms with Crippen LogP contribution in [0, 0.1) is 0 Å². The Morgan fingerprint density at radius 2 is 1.76 bits per heavy atom. The summed E-state index contributed by atoms with van der Waals surface area (Å²) < 4.78 is 0. The van der Waals surface area contributed by atoms with Crippen LogP contribution in [-0.4, -0.2) is 29.1 Å². The zero-order chi connectivity index (χ0) is 18.6. The molecule has 1 atom stereocenters. The van der Waals surface area contributed by atoms with Crippen LogP contribution in [0.15, 0.2) is 54.6 Å². The lowest BCUT2D eigenvalue weighted by Gasteiger charge is -2.23. The number of hydrogen-bond donors (Lipinski definition) is 2. The fourth-order valence-electron chi connectivity index (χ4n) is 2.29. The summed E-state index contributed by atoms with van der Waals surface area (Å²) in [6.07, 6.45) is 0.572. The van der Waals surface area contributed by atoms with Crippen LogP contribution >= 0.6 is 23.2 Å². The standard InChI is InChI=1S/C18H15Cl2NO4/c1-21(16(22)8-9-17(23)24)15-7-6-11(19)10-13(15)18(25)12-4-2-3-5-14(12)20/h2-10,18,25H,1H3,(H,23,24). The lowest BCUT2D eigenvalue weighted by Crippen LogP contribution is -2.26. The number of aliphatic carboxylic acids is 1. The maximum absolute atomic E-state index is 12.1. The summed E-state index contributed by atoms with van der Waals surface area (Å²) in [6.45, 7) is 0. The highest BCUT2D eigenvalue weighted by Crippen LogP contribution is 2.35. The van der Waals surface area contributed by atoms with Gasteiger partial charge < -0.3 is 15.1 Å². The van der Waals surface area contributed by atoms with E-state index in [2.05, 4.69) is 0 Å². The number of benzene rings is 2. The van der Waals surface area contributed by atoms with Gasteiger partial charge in [0, 0.05) is 46.1 Å². The van der Waals surface area contributed by atoms with Crippen molar-refractivity contribution >= 4 is 40.8 Å². The molecule has 1 amide bonds. The quantitative estimate of drug-likeness (QED) is 0.776. The second-order valence-electron chi connectivity index (χ2n) is 5.20. The molecular weight excluding hydrogens is 365 g/mol. The molecule has 0 spiro atoms. The lowest BCUT2D eigenvalue weighted by atomic mass is 9.99. The van der Waals surface area contributed by atoms with Crippen LogP contribution < -0.4 is 4.90 Å². The van der Waals surface area contributed by atoms with Crippen molar-refractivity contribution in [2.75, 3.05) is 11.9 Å². The fraction of sp³-hybridized carbons (Fsp3) is 0.111. The number of carbonyl (C=O) groups excluding carboxylic acids is 1. The molecule has 1 unspecified atom stereocenters. The Balaban J connectivity index is 2.45. The Bertz CT molecular complexity index is 836. The Kier molecular flexibility index (Phi) is 6.20. The highest BCUT2D eigenvalue weighted by atomic mass is 35.5. The van der Waals surface area contributed by atoms with E-state index in [0.717, 1.165) is 12.2 Å². The number of carboxylic acids is 1. The van der Waals surface area contributed by atoms with E-state index in [1.54, 1.807) is 36.4 Å². The smallest absolute Gasteiger partial charge is 0.328 e. The summed E-state index contributed by atoms with van der Waals surface area (Å²) >= 11 is 12.2. The molecule has 0 saturated carbocycles. The third-order valence-electron chi connectivity index (χ3n) is 3.54. The number of carbonyl (C=O) groups is 2. The van der Waals surface area contributed by atoms with Crippen LogP contribution in [0.2, 0.25) is 10.0 Å². The number of aliphatic hydroxyl groups is 1. The van der Waals surface area contributed by atoms with Gasteiger partial charge in [-0.1, -0.05) is 41.4 Å². The van der Waals surface area contributed by atoms with E-state index in [-0.39, 0.29) is 0 Å². The van der Waals surface area contributed by atoms with Gasteiger partial charge >= 0.3 is 5.97 Å². The molecule has 2 aromatic rings. The van der Waals surface area contributed by atoms with Crippen molar-refractivity contribution in [1.82, 2.24) is 0 Å². The molecule has 7 heteroatoms. The monoisotopic (exact) mass is 379 g/mol. The van der Waals surface area contributed by atoms with E-state index >= 15 is 0 Å². The number of likely N-dealkylation sites (N-methyl/N-ethyl adjacent to an activating group) is 1. The molecule has 0 aliphatic heterocycles. The molecule has 5 nitrogen and oxygen atoms in total. The second kappa shape index (κ2) is 8.16. The molecule has 2 rings (SSSR count). The minimum Gasteiger partial charge on any atom is -0.478 e. The van der Waals surface area contributed by atoms with Gasteiger partial charge in [0.05, 0.1) is 0 Å². The molecule has 130 valence electrons. The molecular formula is C18H15Cl2NO4. The predicted molar refractivity (Wildman–Crippen MR) is 97.2 cm³/mol. The molecule has 0 heterocycles. The van der Waals surface area contributed by atoms with Gasteiger partial charge in [0.1, 0.15) is 6.10 Å². The fourth-order valence-corrected chi connectivity index (χ4v) is 2.71. The summed E-state index contributed by atoms with van der Waals surface area (Å²) in [5.74, 6) is -1.79. The molecule has 0 aromatic heterocycles. The highest BCUT2D eigenvalue weighted by Gasteiger charge is 2.21. The first-order chi connectivity index (χ1) is 11.8. The van der Waals surface area contributed by atoms with E-state index in [1.165, 1.54) is 18.0 Å². The molecule has 0 aliphatic carbocycles. The van der Waals surface area contributed by atoms with Crippen molar-refractivity contribution in [2.45, 2.75) is 6.10 Å². The summed E-state index contributed by atoms with van der Waals surface area (Å²) in [5, 5.41) is 20.1. The van der Waals surface area contributed by atoms with Gasteiger partial charge in [-0.25, -0.2) is 4.79 Å². The number of carboxylic acid groups (broad SMARTS) is 1. The summed E-state index contributed by atoms with van der Waals surface area (Å²) in [6, 6.07) is 11.5. The van der Waals surface area contributed by atoms with Gasteiger partial charge in [-0.15, -0.1) is 0 Å². The topological polar surface area (TPSA) is 77.8 Å². The van der Waals surface area contributed by atoms with Crippen molar-refractivity contribution in [3.63, 3.8) is 0 Å². The number of halogens is 2. The first kappa shape index (κ1) is 19.0. The van der Waals surface area contributed by atoms with Crippen molar-refractivity contribution in [2.24, 2.45) is 0 Å². The maximum atomic E-state index is 12.1. The Morgan fingerprint density at radius 3 is 2.40 bits per heavy atom. The third-order valence-corrected chi connectivity index (χ3v) is 4.12. The lowest BCUT2D eigenvalue weighted by molar-refractivity contribution is -0.131. The number of rotatable bonds is 5. The molecule has 0 aliphatic rings. The first-order valence-electron chi connectivity index (χ1n) is 7.22. The maximum Gasteiger partial charge on any atom is 0.328 e. The molecule has 25 heavy (non-hydrogen) atoms. The van der Waals surface area contributed by atoms with Gasteiger partial charge in [0.25, 0.3) is 5.91 Å². The number of anilines is 1. The normalized spacial score (nSPS) is 12.2. The first-order valence-corrected chi connectivity index (χ1v) is 7.97. The predicted octanol–water partition coefficient (Wildman–Crippen LogP) is 3.68. The minimum atomic E-state index is -1.23. The number of nitrogens with zero attached hydrogens (tertiary/aromatic N) is 1. The SMILES string of the molecule is CN(C(=O)C=CC(=O)O)c1ccc(Cl)cc1C(O)c1ccccc1Cl. The van der Waals surface area contributed by atoms with Crippen LogP contribution in [-0.2, 0) is 9.59 Å². The average Bonchev–Trinajstić information content (AvgIpc) is 2.58. The molecule has 0 fully saturated rings. The van der Waals surface area contributed by atoms with E-state index in [1.807, 2.05) is 0 Å². The van der Waals surface area contributed by atoms with Crippen molar-refractivity contribution in [3.8, 4) is 0 Å². The van der Waals surface area contributed by atoms with Gasteiger partial charge in [-0.2, -0.15) is 0 Å². The zero-order valence-electron chi connectivity index (χ0n) is 13.2. The summed E-state index contributed by atoms with van der Waals surface area (Å²) in [7, 11) is 1.47. The summed E-state index contributed by atoms with van der Waals surface area (Å²) in [4.78, 5) is 23.9. The zero-order valence-corrected chi connectivity index (χ0v) is 14.7. The molecule has 2 N–H and O–H groups in total. The van der Waals surface area contributed by atoms with E-state index in [0.29, 0.717) is 26.9 Å². The van der Waals surface area contributed by atoms with Crippen LogP contribution in [0.3, 0.4) is 0 Å². The number of amides is 1. The molecule has 2 aromatic carbocycles. The Hall–Kier alpha value is -2.34. The second-order valence-corrected chi connectivity index (χ2v) is 6.04. The van der Waals surface area contributed by atoms with Crippen LogP contribution in [0.5, 0.6) is 0 Å². The Labute approximate surface area is 154 Å². The average molecular weight is 380 g/mol. The van der Waals surface area contributed by atoms with Gasteiger partial charge in [0.2, 0.25) is 0 Å². The highest BCUT2D eigenvalue weighted by molar-refractivity contribution is 6.31. The summed E-state index contributed by atoms with van der Waals surface area (Å²) in [5.41, 5.74) is 1.23.